The van der Waals surface area contributed by atoms with Crippen LogP contribution in [0.15, 0.2) is 24.3 Å². The van der Waals surface area contributed by atoms with Gasteiger partial charge in [-0.3, -0.25) is 0 Å². The molecule has 0 saturated heterocycles. The highest BCUT2D eigenvalue weighted by molar-refractivity contribution is 5.38. The summed E-state index contributed by atoms with van der Waals surface area (Å²) >= 11 is 0. The third kappa shape index (κ3) is 3.58. The highest BCUT2D eigenvalue weighted by atomic mass is 16.5. The first kappa shape index (κ1) is 14.9. The summed E-state index contributed by atoms with van der Waals surface area (Å²) in [5.41, 5.74) is 1.24. The first-order valence-corrected chi connectivity index (χ1v) is 8.45. The van der Waals surface area contributed by atoms with Crippen molar-refractivity contribution in [2.24, 2.45) is 5.92 Å². The average Bonchev–Trinajstić information content (AvgIpc) is 3.04. The maximum Gasteiger partial charge on any atom is 0.124 e. The van der Waals surface area contributed by atoms with Gasteiger partial charge < -0.3 is 14.8 Å². The van der Waals surface area contributed by atoms with Crippen molar-refractivity contribution in [1.82, 2.24) is 5.32 Å². The number of hydrogen-bond donors (Lipinski definition) is 1. The lowest BCUT2D eigenvalue weighted by molar-refractivity contribution is -0.0294. The van der Waals surface area contributed by atoms with Gasteiger partial charge in [-0.1, -0.05) is 38.0 Å². The van der Waals surface area contributed by atoms with E-state index in [9.17, 15) is 0 Å². The molecule has 3 heteroatoms. The second kappa shape index (κ2) is 7.28. The van der Waals surface area contributed by atoms with Crippen LogP contribution < -0.4 is 10.1 Å². The SMILES string of the molecule is CCCNC1c2ccccc2OCC1OCC1CCCC1. The quantitative estimate of drug-likeness (QED) is 0.866. The minimum Gasteiger partial charge on any atom is -0.490 e. The van der Waals surface area contributed by atoms with Crippen molar-refractivity contribution in [2.45, 2.75) is 51.2 Å². The summed E-state index contributed by atoms with van der Waals surface area (Å²) < 4.78 is 12.1. The number of rotatable bonds is 6. The molecule has 2 atom stereocenters. The average molecular weight is 289 g/mol. The van der Waals surface area contributed by atoms with Crippen molar-refractivity contribution in [3.05, 3.63) is 29.8 Å². The maximum absolute atomic E-state index is 6.25. The van der Waals surface area contributed by atoms with Gasteiger partial charge in [0.05, 0.1) is 12.6 Å². The summed E-state index contributed by atoms with van der Waals surface area (Å²) in [5, 5.41) is 3.65. The Bertz CT molecular complexity index is 443. The molecule has 1 aliphatic heterocycles. The summed E-state index contributed by atoms with van der Waals surface area (Å²) in [6, 6.07) is 8.60. The van der Waals surface area contributed by atoms with Gasteiger partial charge in [0.1, 0.15) is 18.5 Å². The van der Waals surface area contributed by atoms with Crippen LogP contribution in [0.4, 0.5) is 0 Å². The predicted molar refractivity (Wildman–Crippen MR) is 84.7 cm³/mol. The van der Waals surface area contributed by atoms with Crippen molar-refractivity contribution in [1.29, 1.82) is 0 Å². The largest absolute Gasteiger partial charge is 0.490 e. The van der Waals surface area contributed by atoms with E-state index in [1.807, 2.05) is 6.07 Å². The first-order chi connectivity index (χ1) is 10.4. The van der Waals surface area contributed by atoms with Crippen LogP contribution in [-0.2, 0) is 4.74 Å². The Hall–Kier alpha value is -1.06. The van der Waals surface area contributed by atoms with Crippen molar-refractivity contribution < 1.29 is 9.47 Å². The number of benzene rings is 1. The van der Waals surface area contributed by atoms with Gasteiger partial charge in [0, 0.05) is 5.56 Å². The molecule has 0 aromatic heterocycles. The summed E-state index contributed by atoms with van der Waals surface area (Å²) in [4.78, 5) is 0. The molecule has 3 nitrogen and oxygen atoms in total. The van der Waals surface area contributed by atoms with Gasteiger partial charge in [-0.25, -0.2) is 0 Å². The van der Waals surface area contributed by atoms with Gasteiger partial charge in [-0.15, -0.1) is 0 Å². The standard InChI is InChI=1S/C18H27NO2/c1-2-11-19-18-15-9-5-6-10-16(15)21-13-17(18)20-12-14-7-3-4-8-14/h5-6,9-10,14,17-19H,2-4,7-8,11-13H2,1H3. The Morgan fingerprint density at radius 2 is 2.05 bits per heavy atom. The zero-order chi connectivity index (χ0) is 14.5. The number of fused-ring (bicyclic) bond motifs is 1. The maximum atomic E-state index is 6.25. The minimum absolute atomic E-state index is 0.132. The van der Waals surface area contributed by atoms with Crippen LogP contribution in [0.5, 0.6) is 5.75 Å². The molecule has 1 heterocycles. The van der Waals surface area contributed by atoms with E-state index in [1.54, 1.807) is 0 Å². The van der Waals surface area contributed by atoms with E-state index in [-0.39, 0.29) is 12.1 Å². The van der Waals surface area contributed by atoms with Crippen molar-refractivity contribution in [3.8, 4) is 5.75 Å². The molecule has 2 unspecified atom stereocenters. The molecule has 3 rings (SSSR count). The monoisotopic (exact) mass is 289 g/mol. The highest BCUT2D eigenvalue weighted by Gasteiger charge is 2.31. The van der Waals surface area contributed by atoms with Crippen LogP contribution in [0.25, 0.3) is 0 Å². The fourth-order valence-corrected chi connectivity index (χ4v) is 3.46. The molecule has 0 spiro atoms. The zero-order valence-electron chi connectivity index (χ0n) is 13.0. The summed E-state index contributed by atoms with van der Waals surface area (Å²) in [6.45, 7) is 4.76. The van der Waals surface area contributed by atoms with E-state index in [1.165, 1.54) is 31.2 Å². The first-order valence-electron chi connectivity index (χ1n) is 8.45. The Morgan fingerprint density at radius 1 is 1.24 bits per heavy atom. The predicted octanol–water partition coefficient (Wildman–Crippen LogP) is 3.70. The Kier molecular flexibility index (Phi) is 5.15. The molecule has 1 aromatic carbocycles. The molecule has 0 bridgehead atoms. The van der Waals surface area contributed by atoms with Gasteiger partial charge in [0.2, 0.25) is 0 Å². The van der Waals surface area contributed by atoms with Crippen LogP contribution in [0.3, 0.4) is 0 Å². The molecule has 1 aliphatic carbocycles. The van der Waals surface area contributed by atoms with Crippen LogP contribution in [0.2, 0.25) is 0 Å². The summed E-state index contributed by atoms with van der Waals surface area (Å²) in [5.74, 6) is 1.76. The van der Waals surface area contributed by atoms with Crippen LogP contribution >= 0.6 is 0 Å². The molecule has 21 heavy (non-hydrogen) atoms. The minimum atomic E-state index is 0.132. The topological polar surface area (TPSA) is 30.5 Å². The van der Waals surface area contributed by atoms with Gasteiger partial charge in [0.15, 0.2) is 0 Å². The molecule has 0 radical (unpaired) electrons. The van der Waals surface area contributed by atoms with E-state index >= 15 is 0 Å². The van der Waals surface area contributed by atoms with E-state index in [0.29, 0.717) is 6.61 Å². The van der Waals surface area contributed by atoms with Crippen molar-refractivity contribution >= 4 is 0 Å². The summed E-state index contributed by atoms with van der Waals surface area (Å²) in [6.07, 6.45) is 6.67. The molecular weight excluding hydrogens is 262 g/mol. The van der Waals surface area contributed by atoms with E-state index < -0.39 is 0 Å². The molecule has 1 fully saturated rings. The Morgan fingerprint density at radius 3 is 2.86 bits per heavy atom. The molecule has 1 N–H and O–H groups in total. The van der Waals surface area contributed by atoms with Crippen LogP contribution in [0, 0.1) is 5.92 Å². The van der Waals surface area contributed by atoms with Crippen LogP contribution in [0.1, 0.15) is 50.6 Å². The summed E-state index contributed by atoms with van der Waals surface area (Å²) in [7, 11) is 0. The fourth-order valence-electron chi connectivity index (χ4n) is 3.46. The second-order valence-corrected chi connectivity index (χ2v) is 6.30. The van der Waals surface area contributed by atoms with Crippen molar-refractivity contribution in [2.75, 3.05) is 19.8 Å². The van der Waals surface area contributed by atoms with Crippen molar-refractivity contribution in [3.63, 3.8) is 0 Å². The lowest BCUT2D eigenvalue weighted by Crippen LogP contribution is -2.42. The molecular formula is C18H27NO2. The van der Waals surface area contributed by atoms with E-state index in [4.69, 9.17) is 9.47 Å². The number of ether oxygens (including phenoxy) is 2. The van der Waals surface area contributed by atoms with Gasteiger partial charge in [-0.2, -0.15) is 0 Å². The Labute approximate surface area is 128 Å². The third-order valence-corrected chi connectivity index (χ3v) is 4.66. The van der Waals surface area contributed by atoms with Crippen LogP contribution in [-0.4, -0.2) is 25.9 Å². The normalized spacial score (nSPS) is 25.6. The highest BCUT2D eigenvalue weighted by Crippen LogP contribution is 2.34. The van der Waals surface area contributed by atoms with E-state index in [0.717, 1.165) is 31.2 Å². The Balaban J connectivity index is 1.66. The number of hydrogen-bond acceptors (Lipinski definition) is 3. The number of para-hydroxylation sites is 1. The molecule has 116 valence electrons. The molecule has 0 amide bonds. The number of nitrogens with one attached hydrogen (secondary N) is 1. The van der Waals surface area contributed by atoms with Gasteiger partial charge in [0.25, 0.3) is 0 Å². The lowest BCUT2D eigenvalue weighted by atomic mass is 9.97. The van der Waals surface area contributed by atoms with E-state index in [2.05, 4.69) is 30.4 Å². The zero-order valence-corrected chi connectivity index (χ0v) is 13.0. The molecule has 1 aromatic rings. The van der Waals surface area contributed by atoms with Gasteiger partial charge in [-0.05, 0) is 37.8 Å². The second-order valence-electron chi connectivity index (χ2n) is 6.30. The smallest absolute Gasteiger partial charge is 0.124 e. The molecule has 2 aliphatic rings. The third-order valence-electron chi connectivity index (χ3n) is 4.66. The fraction of sp³-hybridized carbons (Fsp3) is 0.667. The van der Waals surface area contributed by atoms with Gasteiger partial charge >= 0.3 is 0 Å². The lowest BCUT2D eigenvalue weighted by Gasteiger charge is -2.34. The molecule has 1 saturated carbocycles.